The number of carbonyl (C=O) groups is 1. The first kappa shape index (κ1) is 26.1. The summed E-state index contributed by atoms with van der Waals surface area (Å²) in [4.78, 5) is 32.3. The van der Waals surface area contributed by atoms with Crippen LogP contribution < -0.4 is 20.3 Å². The molecule has 1 amide bonds. The van der Waals surface area contributed by atoms with Crippen LogP contribution in [0.25, 0.3) is 22.1 Å². The van der Waals surface area contributed by atoms with Gasteiger partial charge in [-0.2, -0.15) is 0 Å². The highest BCUT2D eigenvalue weighted by Crippen LogP contribution is 2.31. The van der Waals surface area contributed by atoms with E-state index in [1.807, 2.05) is 57.3 Å². The van der Waals surface area contributed by atoms with Crippen LogP contribution in [-0.4, -0.2) is 59.5 Å². The third-order valence-electron chi connectivity index (χ3n) is 7.20. The Morgan fingerprint density at radius 1 is 1.15 bits per heavy atom. The van der Waals surface area contributed by atoms with Gasteiger partial charge < -0.3 is 20.3 Å². The van der Waals surface area contributed by atoms with Crippen molar-refractivity contribution in [3.8, 4) is 11.5 Å². The Hall–Kier alpha value is -5.13. The molecule has 3 aromatic heterocycles. The average Bonchev–Trinajstić information content (AvgIpc) is 3.34. The second-order valence-electron chi connectivity index (χ2n) is 10.5. The van der Waals surface area contributed by atoms with Crippen molar-refractivity contribution < 1.29 is 9.53 Å². The number of anilines is 3. The number of nitrogens with one attached hydrogen (secondary N) is 2. The van der Waals surface area contributed by atoms with E-state index >= 15 is 0 Å². The van der Waals surface area contributed by atoms with Crippen molar-refractivity contribution >= 4 is 45.4 Å². The molecule has 208 valence electrons. The Morgan fingerprint density at radius 3 is 2.85 bits per heavy atom. The van der Waals surface area contributed by atoms with Crippen molar-refractivity contribution in [1.82, 2.24) is 40.2 Å². The zero-order valence-corrected chi connectivity index (χ0v) is 23.1. The first-order valence-electron chi connectivity index (χ1n) is 13.3. The molecule has 0 aliphatic carbocycles. The number of aromatic nitrogens is 7. The molecular formula is C29H30N10O2. The topological polar surface area (TPSA) is 136 Å². The highest BCUT2D eigenvalue weighted by atomic mass is 16.5. The Labute approximate surface area is 236 Å². The lowest BCUT2D eigenvalue weighted by molar-refractivity contribution is -0.118. The fourth-order valence-electron chi connectivity index (χ4n) is 5.14. The van der Waals surface area contributed by atoms with E-state index in [9.17, 15) is 4.79 Å². The highest BCUT2D eigenvalue weighted by Gasteiger charge is 2.33. The van der Waals surface area contributed by atoms with Crippen LogP contribution in [0, 0.1) is 6.92 Å². The van der Waals surface area contributed by atoms with Crippen molar-refractivity contribution in [3.05, 3.63) is 67.1 Å². The third kappa shape index (κ3) is 5.36. The fourth-order valence-corrected chi connectivity index (χ4v) is 5.14. The molecule has 12 heteroatoms. The molecule has 0 spiro atoms. The average molecular weight is 551 g/mol. The largest absolute Gasteiger partial charge is 0.457 e. The number of benzene rings is 2. The fraction of sp³-hybridized carbons (Fsp3) is 0.276. The molecule has 1 saturated heterocycles. The summed E-state index contributed by atoms with van der Waals surface area (Å²) in [5, 5.41) is 14.6. The Morgan fingerprint density at radius 2 is 2.02 bits per heavy atom. The lowest BCUT2D eigenvalue weighted by Gasteiger charge is -2.40. The molecule has 1 aliphatic rings. The lowest BCUT2D eigenvalue weighted by atomic mass is 9.91. The predicted octanol–water partition coefficient (Wildman–Crippen LogP) is 4.21. The van der Waals surface area contributed by atoms with Crippen LogP contribution in [0.3, 0.4) is 0 Å². The van der Waals surface area contributed by atoms with Crippen molar-refractivity contribution in [2.45, 2.75) is 32.2 Å². The number of piperidine rings is 1. The van der Waals surface area contributed by atoms with Gasteiger partial charge in [-0.05, 0) is 68.7 Å². The Kier molecular flexibility index (Phi) is 6.66. The molecule has 0 saturated carbocycles. The van der Waals surface area contributed by atoms with Gasteiger partial charge in [-0.1, -0.05) is 11.8 Å². The van der Waals surface area contributed by atoms with Crippen LogP contribution >= 0.6 is 0 Å². The molecule has 12 nitrogen and oxygen atoms in total. The minimum Gasteiger partial charge on any atom is -0.457 e. The number of hydrogen-bond acceptors (Lipinski definition) is 10. The number of ether oxygens (including phenoxy) is 1. The smallest absolute Gasteiger partial charge is 0.243 e. The quantitative estimate of drug-likeness (QED) is 0.284. The number of hydrogen-bond donors (Lipinski definition) is 2. The SMILES string of the molecule is C=CC(=O)N[C@@]1(C)CCCN(c2ncc3ncnc(Nc4ccc(Oc5ccc6c(c5)nnn6C)c(C)c4)c3n2)C1. The molecule has 1 aliphatic heterocycles. The van der Waals surface area contributed by atoms with Crippen molar-refractivity contribution in [2.24, 2.45) is 7.05 Å². The van der Waals surface area contributed by atoms with Crippen molar-refractivity contribution in [1.29, 1.82) is 0 Å². The lowest BCUT2D eigenvalue weighted by Crippen LogP contribution is -2.56. The van der Waals surface area contributed by atoms with E-state index in [1.165, 1.54) is 12.4 Å². The molecule has 4 heterocycles. The minimum absolute atomic E-state index is 0.188. The second-order valence-corrected chi connectivity index (χ2v) is 10.5. The van der Waals surface area contributed by atoms with Gasteiger partial charge in [-0.25, -0.2) is 24.6 Å². The number of amides is 1. The Bertz CT molecular complexity index is 1780. The standard InChI is InChI=1S/C29H30N10O2/c1-5-25(40)35-29(3)11-6-12-39(16-29)28-30-15-22-26(34-28)27(32-17-31-22)33-19-7-10-24(18(2)13-19)41-20-8-9-23-21(14-20)36-37-38(23)4/h5,7-10,13-15,17H,1,6,11-12,16H2,2-4H3,(H,35,40)(H,31,32,33)/t29-/m0/s1. The second kappa shape index (κ2) is 10.5. The zero-order valence-electron chi connectivity index (χ0n) is 23.1. The van der Waals surface area contributed by atoms with E-state index in [1.54, 1.807) is 10.9 Å². The minimum atomic E-state index is -0.405. The maximum absolute atomic E-state index is 12.0. The van der Waals surface area contributed by atoms with Gasteiger partial charge in [0.1, 0.15) is 34.4 Å². The molecule has 5 aromatic rings. The van der Waals surface area contributed by atoms with E-state index in [-0.39, 0.29) is 5.91 Å². The normalized spacial score (nSPS) is 17.0. The molecule has 1 atom stereocenters. The zero-order chi connectivity index (χ0) is 28.6. The van der Waals surface area contributed by atoms with Gasteiger partial charge in [0.25, 0.3) is 0 Å². The third-order valence-corrected chi connectivity index (χ3v) is 7.20. The van der Waals surface area contributed by atoms with Crippen LogP contribution in [0.5, 0.6) is 11.5 Å². The van der Waals surface area contributed by atoms with Crippen molar-refractivity contribution in [3.63, 3.8) is 0 Å². The highest BCUT2D eigenvalue weighted by molar-refractivity contribution is 5.88. The number of carbonyl (C=O) groups excluding carboxylic acids is 1. The molecule has 0 radical (unpaired) electrons. The summed E-state index contributed by atoms with van der Waals surface area (Å²) < 4.78 is 7.87. The van der Waals surface area contributed by atoms with Gasteiger partial charge in [0.15, 0.2) is 5.82 Å². The van der Waals surface area contributed by atoms with Crippen LogP contribution in [0.4, 0.5) is 17.5 Å². The van der Waals surface area contributed by atoms with Crippen molar-refractivity contribution in [2.75, 3.05) is 23.3 Å². The number of fused-ring (bicyclic) bond motifs is 2. The summed E-state index contributed by atoms with van der Waals surface area (Å²) in [5.74, 6) is 2.36. The van der Waals surface area contributed by atoms with Crippen LogP contribution in [0.1, 0.15) is 25.3 Å². The maximum Gasteiger partial charge on any atom is 0.243 e. The monoisotopic (exact) mass is 550 g/mol. The van der Waals surface area contributed by atoms with E-state index in [2.05, 4.69) is 47.4 Å². The van der Waals surface area contributed by atoms with E-state index in [0.717, 1.165) is 47.4 Å². The van der Waals surface area contributed by atoms with Gasteiger partial charge in [-0.15, -0.1) is 5.10 Å². The van der Waals surface area contributed by atoms with Crippen LogP contribution in [0.15, 0.2) is 61.6 Å². The molecule has 6 rings (SSSR count). The summed E-state index contributed by atoms with van der Waals surface area (Å²) in [5.41, 5.74) is 4.31. The summed E-state index contributed by atoms with van der Waals surface area (Å²) in [6, 6.07) is 11.5. The van der Waals surface area contributed by atoms with E-state index in [0.29, 0.717) is 35.1 Å². The first-order chi connectivity index (χ1) is 19.8. The molecule has 1 fully saturated rings. The summed E-state index contributed by atoms with van der Waals surface area (Å²) >= 11 is 0. The van der Waals surface area contributed by atoms with Gasteiger partial charge in [0, 0.05) is 31.9 Å². The summed E-state index contributed by atoms with van der Waals surface area (Å²) in [6.07, 6.45) is 6.25. The molecule has 0 bridgehead atoms. The van der Waals surface area contributed by atoms with Gasteiger partial charge in [0.2, 0.25) is 11.9 Å². The number of aryl methyl sites for hydroxylation is 2. The molecule has 2 aromatic carbocycles. The maximum atomic E-state index is 12.0. The molecular weight excluding hydrogens is 520 g/mol. The summed E-state index contributed by atoms with van der Waals surface area (Å²) in [6.45, 7) is 8.95. The first-order valence-corrected chi connectivity index (χ1v) is 13.3. The van der Waals surface area contributed by atoms with Gasteiger partial charge in [0.05, 0.1) is 17.3 Å². The number of rotatable bonds is 7. The van der Waals surface area contributed by atoms with E-state index < -0.39 is 5.54 Å². The number of nitrogens with zero attached hydrogens (tertiary/aromatic N) is 8. The van der Waals surface area contributed by atoms with Crippen LogP contribution in [0.2, 0.25) is 0 Å². The predicted molar refractivity (Wildman–Crippen MR) is 156 cm³/mol. The molecule has 41 heavy (non-hydrogen) atoms. The molecule has 2 N–H and O–H groups in total. The Balaban J connectivity index is 1.22. The van der Waals surface area contributed by atoms with Gasteiger partial charge >= 0.3 is 0 Å². The summed E-state index contributed by atoms with van der Waals surface area (Å²) in [7, 11) is 1.86. The van der Waals surface area contributed by atoms with Gasteiger partial charge in [-0.3, -0.25) is 4.79 Å². The van der Waals surface area contributed by atoms with E-state index in [4.69, 9.17) is 9.72 Å². The molecule has 0 unspecified atom stereocenters. The van der Waals surface area contributed by atoms with Crippen LogP contribution in [-0.2, 0) is 11.8 Å².